The van der Waals surface area contributed by atoms with Crippen LogP contribution in [-0.2, 0) is 4.74 Å². The van der Waals surface area contributed by atoms with E-state index in [1.807, 2.05) is 0 Å². The van der Waals surface area contributed by atoms with Crippen LogP contribution < -0.4 is 4.74 Å². The molecule has 0 radical (unpaired) electrons. The summed E-state index contributed by atoms with van der Waals surface area (Å²) in [5.74, 6) is 4.00. The monoisotopic (exact) mass is 272 g/mol. The van der Waals surface area contributed by atoms with E-state index in [0.29, 0.717) is 18.1 Å². The zero-order valence-electron chi connectivity index (χ0n) is 12.4. The molecule has 1 heterocycles. The van der Waals surface area contributed by atoms with Crippen molar-refractivity contribution in [3.8, 4) is 5.75 Å². The summed E-state index contributed by atoms with van der Waals surface area (Å²) in [6, 6.07) is 8.69. The molecule has 0 aromatic heterocycles. The van der Waals surface area contributed by atoms with Crippen LogP contribution in [0, 0.1) is 17.8 Å². The van der Waals surface area contributed by atoms with E-state index in [2.05, 4.69) is 38.1 Å². The molecular formula is C18H24O2. The van der Waals surface area contributed by atoms with Gasteiger partial charge in [0.1, 0.15) is 5.75 Å². The number of fused-ring (bicyclic) bond motifs is 5. The Bertz CT molecular complexity index is 481. The van der Waals surface area contributed by atoms with Crippen molar-refractivity contribution in [2.24, 2.45) is 17.8 Å². The molecule has 1 saturated heterocycles. The van der Waals surface area contributed by atoms with Crippen molar-refractivity contribution in [1.29, 1.82) is 0 Å². The largest absolute Gasteiger partial charge is 0.493 e. The van der Waals surface area contributed by atoms with Crippen molar-refractivity contribution in [3.05, 3.63) is 29.8 Å². The maximum absolute atomic E-state index is 6.02. The van der Waals surface area contributed by atoms with Crippen molar-refractivity contribution in [3.63, 3.8) is 0 Å². The van der Waals surface area contributed by atoms with Gasteiger partial charge in [-0.15, -0.1) is 0 Å². The van der Waals surface area contributed by atoms with E-state index < -0.39 is 0 Å². The van der Waals surface area contributed by atoms with Crippen LogP contribution in [-0.4, -0.2) is 18.8 Å². The lowest BCUT2D eigenvalue weighted by molar-refractivity contribution is 0.189. The van der Waals surface area contributed by atoms with Crippen LogP contribution in [0.1, 0.15) is 44.6 Å². The van der Waals surface area contributed by atoms with E-state index in [0.717, 1.165) is 30.1 Å². The standard InChI is InChI=1S/C18H24O2/c1-3-11(2)12-4-6-15(7-5-12)19-10-14-8-13-9-16(14)18-17(13)20-18/h4-7,11,13-14,16-18H,3,8-10H2,1-2H3. The third-order valence-corrected chi connectivity index (χ3v) is 5.76. The third-order valence-electron chi connectivity index (χ3n) is 5.76. The van der Waals surface area contributed by atoms with Crippen LogP contribution in [0.15, 0.2) is 24.3 Å². The highest BCUT2D eigenvalue weighted by Gasteiger charge is 2.63. The van der Waals surface area contributed by atoms with Gasteiger partial charge < -0.3 is 9.47 Å². The average Bonchev–Trinajstić information content (AvgIpc) is 3.10. The second-order valence-electron chi connectivity index (χ2n) is 6.91. The highest BCUT2D eigenvalue weighted by atomic mass is 16.6. The SMILES string of the molecule is CCC(C)c1ccc(OCC2CC3CC2C2OC32)cc1. The molecule has 2 heteroatoms. The second kappa shape index (κ2) is 4.77. The summed E-state index contributed by atoms with van der Waals surface area (Å²) in [7, 11) is 0. The second-order valence-corrected chi connectivity index (χ2v) is 6.91. The van der Waals surface area contributed by atoms with Crippen LogP contribution in [0.2, 0.25) is 0 Å². The minimum atomic E-state index is 0.593. The van der Waals surface area contributed by atoms with Gasteiger partial charge in [0, 0.05) is 0 Å². The molecule has 108 valence electrons. The summed E-state index contributed by atoms with van der Waals surface area (Å²) in [4.78, 5) is 0. The van der Waals surface area contributed by atoms with E-state index in [4.69, 9.17) is 9.47 Å². The molecule has 20 heavy (non-hydrogen) atoms. The Kier molecular flexibility index (Phi) is 3.03. The summed E-state index contributed by atoms with van der Waals surface area (Å²) in [5, 5.41) is 0. The Balaban J connectivity index is 1.33. The van der Waals surface area contributed by atoms with Crippen molar-refractivity contribution in [2.75, 3.05) is 6.61 Å². The fourth-order valence-electron chi connectivity index (χ4n) is 4.26. The molecule has 0 amide bonds. The van der Waals surface area contributed by atoms with Crippen molar-refractivity contribution < 1.29 is 9.47 Å². The van der Waals surface area contributed by atoms with Gasteiger partial charge in [-0.2, -0.15) is 0 Å². The van der Waals surface area contributed by atoms with Crippen LogP contribution in [0.5, 0.6) is 5.75 Å². The van der Waals surface area contributed by atoms with E-state index in [-0.39, 0.29) is 0 Å². The van der Waals surface area contributed by atoms with Crippen molar-refractivity contribution in [2.45, 2.75) is 51.2 Å². The lowest BCUT2D eigenvalue weighted by Gasteiger charge is -2.20. The summed E-state index contributed by atoms with van der Waals surface area (Å²) in [6.45, 7) is 5.38. The molecular weight excluding hydrogens is 248 g/mol. The van der Waals surface area contributed by atoms with Crippen LogP contribution in [0.25, 0.3) is 0 Å². The van der Waals surface area contributed by atoms with E-state index in [1.165, 1.54) is 24.8 Å². The molecule has 2 saturated carbocycles. The predicted molar refractivity (Wildman–Crippen MR) is 79.0 cm³/mol. The average molecular weight is 272 g/mol. The molecule has 6 atom stereocenters. The van der Waals surface area contributed by atoms with Gasteiger partial charge in [-0.25, -0.2) is 0 Å². The van der Waals surface area contributed by atoms with Gasteiger partial charge in [-0.3, -0.25) is 0 Å². The van der Waals surface area contributed by atoms with Crippen LogP contribution >= 0.6 is 0 Å². The fraction of sp³-hybridized carbons (Fsp3) is 0.667. The normalized spacial score (nSPS) is 38.6. The topological polar surface area (TPSA) is 21.8 Å². The first-order valence-electron chi connectivity index (χ1n) is 8.14. The van der Waals surface area contributed by atoms with Gasteiger partial charge in [0.25, 0.3) is 0 Å². The molecule has 0 N–H and O–H groups in total. The minimum absolute atomic E-state index is 0.593. The molecule has 4 rings (SSSR count). The Morgan fingerprint density at radius 2 is 2.00 bits per heavy atom. The van der Waals surface area contributed by atoms with E-state index in [9.17, 15) is 0 Å². The maximum atomic E-state index is 6.02. The number of epoxide rings is 1. The van der Waals surface area contributed by atoms with Crippen LogP contribution in [0.3, 0.4) is 0 Å². The van der Waals surface area contributed by atoms with Gasteiger partial charge in [0.05, 0.1) is 18.8 Å². The number of hydrogen-bond donors (Lipinski definition) is 0. The Morgan fingerprint density at radius 1 is 1.20 bits per heavy atom. The highest BCUT2D eigenvalue weighted by molar-refractivity contribution is 5.29. The zero-order valence-corrected chi connectivity index (χ0v) is 12.4. The Hall–Kier alpha value is -1.02. The lowest BCUT2D eigenvalue weighted by Crippen LogP contribution is -2.23. The third kappa shape index (κ3) is 2.05. The smallest absolute Gasteiger partial charge is 0.119 e. The van der Waals surface area contributed by atoms with Crippen molar-refractivity contribution >= 4 is 0 Å². The van der Waals surface area contributed by atoms with Crippen molar-refractivity contribution in [1.82, 2.24) is 0 Å². The molecule has 1 aromatic rings. The number of rotatable bonds is 5. The molecule has 0 spiro atoms. The van der Waals surface area contributed by atoms with E-state index in [1.54, 1.807) is 0 Å². The van der Waals surface area contributed by atoms with Crippen LogP contribution in [0.4, 0.5) is 0 Å². The van der Waals surface area contributed by atoms with E-state index >= 15 is 0 Å². The van der Waals surface area contributed by atoms with Gasteiger partial charge in [0.2, 0.25) is 0 Å². The van der Waals surface area contributed by atoms with Gasteiger partial charge in [0.15, 0.2) is 0 Å². The highest BCUT2D eigenvalue weighted by Crippen LogP contribution is 2.58. The zero-order chi connectivity index (χ0) is 13.7. The summed E-state index contributed by atoms with van der Waals surface area (Å²) >= 11 is 0. The maximum Gasteiger partial charge on any atom is 0.119 e. The van der Waals surface area contributed by atoms with Gasteiger partial charge in [-0.1, -0.05) is 26.0 Å². The molecule has 2 bridgehead atoms. The molecule has 2 nitrogen and oxygen atoms in total. The summed E-state index contributed by atoms with van der Waals surface area (Å²) in [5.41, 5.74) is 1.41. The first-order chi connectivity index (χ1) is 9.76. The Labute approximate surface area is 121 Å². The summed E-state index contributed by atoms with van der Waals surface area (Å²) < 4.78 is 11.7. The molecule has 3 fully saturated rings. The molecule has 1 aliphatic heterocycles. The fourth-order valence-corrected chi connectivity index (χ4v) is 4.26. The summed E-state index contributed by atoms with van der Waals surface area (Å²) in [6.07, 6.45) is 5.11. The number of benzene rings is 1. The number of hydrogen-bond acceptors (Lipinski definition) is 2. The van der Waals surface area contributed by atoms with Gasteiger partial charge in [-0.05, 0) is 60.6 Å². The predicted octanol–water partition coefficient (Wildman–Crippen LogP) is 4.00. The minimum Gasteiger partial charge on any atom is -0.493 e. The Morgan fingerprint density at radius 3 is 2.65 bits per heavy atom. The quantitative estimate of drug-likeness (QED) is 0.756. The van der Waals surface area contributed by atoms with Gasteiger partial charge >= 0.3 is 0 Å². The molecule has 3 aliphatic rings. The number of ether oxygens (including phenoxy) is 2. The molecule has 6 unspecified atom stereocenters. The molecule has 2 aliphatic carbocycles. The molecule has 1 aromatic carbocycles. The first kappa shape index (κ1) is 12.7. The lowest BCUT2D eigenvalue weighted by atomic mass is 9.89. The first-order valence-corrected chi connectivity index (χ1v) is 8.14.